The molecule has 2 heterocycles. The van der Waals surface area contributed by atoms with E-state index in [-0.39, 0.29) is 0 Å². The van der Waals surface area contributed by atoms with E-state index in [2.05, 4.69) is 35.4 Å². The molecule has 1 aliphatic rings. The quantitative estimate of drug-likeness (QED) is 0.782. The average molecular weight is 222 g/mol. The van der Waals surface area contributed by atoms with Gasteiger partial charge in [-0.05, 0) is 19.9 Å². The van der Waals surface area contributed by atoms with E-state index in [9.17, 15) is 0 Å². The molecule has 0 aromatic carbocycles. The largest absolute Gasteiger partial charge is 0.314 e. The van der Waals surface area contributed by atoms with E-state index in [1.807, 2.05) is 10.9 Å². The first-order valence-electron chi connectivity index (χ1n) is 6.29. The van der Waals surface area contributed by atoms with Crippen molar-refractivity contribution < 1.29 is 0 Å². The Balaban J connectivity index is 1.93. The van der Waals surface area contributed by atoms with E-state index in [1.165, 1.54) is 18.5 Å². The fourth-order valence-corrected chi connectivity index (χ4v) is 2.11. The zero-order chi connectivity index (χ0) is 11.4. The van der Waals surface area contributed by atoms with E-state index in [0.717, 1.165) is 32.2 Å². The maximum Gasteiger partial charge on any atom is 0.0534 e. The van der Waals surface area contributed by atoms with Gasteiger partial charge in [-0.15, -0.1) is 0 Å². The van der Waals surface area contributed by atoms with Crippen molar-refractivity contribution in [1.82, 2.24) is 20.0 Å². The third kappa shape index (κ3) is 2.62. The molecule has 90 valence electrons. The molecule has 0 spiro atoms. The summed E-state index contributed by atoms with van der Waals surface area (Å²) in [6, 6.07) is 0.727. The molecule has 1 saturated heterocycles. The van der Waals surface area contributed by atoms with Gasteiger partial charge in [-0.3, -0.25) is 9.58 Å². The van der Waals surface area contributed by atoms with Crippen molar-refractivity contribution in [2.45, 2.75) is 39.4 Å². The molecule has 0 radical (unpaired) electrons. The standard InChI is InChI=1S/C12H22N4/c1-3-5-15(12-7-13-8-12)9-11-6-14-16(4-2)10-11/h6,10,12-13H,3-5,7-9H2,1-2H3. The van der Waals surface area contributed by atoms with Gasteiger partial charge in [-0.2, -0.15) is 5.10 Å². The fourth-order valence-electron chi connectivity index (χ4n) is 2.11. The van der Waals surface area contributed by atoms with Crippen LogP contribution in [0, 0.1) is 0 Å². The molecule has 0 atom stereocenters. The maximum absolute atomic E-state index is 4.33. The lowest BCUT2D eigenvalue weighted by atomic mass is 10.1. The molecule has 0 unspecified atom stereocenters. The summed E-state index contributed by atoms with van der Waals surface area (Å²) in [7, 11) is 0. The summed E-state index contributed by atoms with van der Waals surface area (Å²) in [6.07, 6.45) is 5.38. The molecule has 0 aliphatic carbocycles. The van der Waals surface area contributed by atoms with Gasteiger partial charge in [-0.1, -0.05) is 6.92 Å². The van der Waals surface area contributed by atoms with Gasteiger partial charge in [0.25, 0.3) is 0 Å². The first kappa shape index (κ1) is 11.6. The highest BCUT2D eigenvalue weighted by atomic mass is 15.3. The molecular weight excluding hydrogens is 200 g/mol. The van der Waals surface area contributed by atoms with Gasteiger partial charge in [0, 0.05) is 44.0 Å². The lowest BCUT2D eigenvalue weighted by Crippen LogP contribution is -2.56. The highest BCUT2D eigenvalue weighted by molar-refractivity contribution is 5.04. The Hall–Kier alpha value is -0.870. The van der Waals surface area contributed by atoms with Crippen LogP contribution in [-0.4, -0.2) is 40.4 Å². The van der Waals surface area contributed by atoms with E-state index < -0.39 is 0 Å². The topological polar surface area (TPSA) is 33.1 Å². The predicted octanol–water partition coefficient (Wildman–Crippen LogP) is 1.09. The van der Waals surface area contributed by atoms with Crippen LogP contribution >= 0.6 is 0 Å². The molecule has 2 rings (SSSR count). The van der Waals surface area contributed by atoms with Crippen LogP contribution in [0.3, 0.4) is 0 Å². The van der Waals surface area contributed by atoms with Crippen LogP contribution in [0.1, 0.15) is 25.8 Å². The molecular formula is C12H22N4. The van der Waals surface area contributed by atoms with Gasteiger partial charge in [0.2, 0.25) is 0 Å². The molecule has 0 amide bonds. The van der Waals surface area contributed by atoms with Crippen LogP contribution in [0.4, 0.5) is 0 Å². The van der Waals surface area contributed by atoms with Crippen LogP contribution in [0.15, 0.2) is 12.4 Å². The Labute approximate surface area is 97.6 Å². The second kappa shape index (κ2) is 5.46. The Kier molecular flexibility index (Phi) is 3.96. The van der Waals surface area contributed by atoms with Gasteiger partial charge in [0.1, 0.15) is 0 Å². The van der Waals surface area contributed by atoms with Crippen LogP contribution in [-0.2, 0) is 13.1 Å². The summed E-state index contributed by atoms with van der Waals surface area (Å²) in [5.74, 6) is 0. The van der Waals surface area contributed by atoms with E-state index in [0.29, 0.717) is 0 Å². The minimum Gasteiger partial charge on any atom is -0.314 e. The summed E-state index contributed by atoms with van der Waals surface area (Å²) >= 11 is 0. The smallest absolute Gasteiger partial charge is 0.0534 e. The van der Waals surface area contributed by atoms with Crippen molar-refractivity contribution in [3.05, 3.63) is 18.0 Å². The van der Waals surface area contributed by atoms with Crippen molar-refractivity contribution in [2.75, 3.05) is 19.6 Å². The van der Waals surface area contributed by atoms with Gasteiger partial charge >= 0.3 is 0 Å². The van der Waals surface area contributed by atoms with Crippen LogP contribution in [0.25, 0.3) is 0 Å². The molecule has 1 aromatic rings. The molecule has 1 aromatic heterocycles. The minimum atomic E-state index is 0.727. The average Bonchev–Trinajstić information content (AvgIpc) is 2.63. The van der Waals surface area contributed by atoms with Crippen LogP contribution < -0.4 is 5.32 Å². The fraction of sp³-hybridized carbons (Fsp3) is 0.750. The monoisotopic (exact) mass is 222 g/mol. The van der Waals surface area contributed by atoms with Gasteiger partial charge < -0.3 is 5.32 Å². The molecule has 4 nitrogen and oxygen atoms in total. The van der Waals surface area contributed by atoms with Crippen molar-refractivity contribution in [3.8, 4) is 0 Å². The first-order valence-corrected chi connectivity index (χ1v) is 6.29. The number of aryl methyl sites for hydroxylation is 1. The maximum atomic E-state index is 4.33. The Morgan fingerprint density at radius 1 is 1.50 bits per heavy atom. The normalized spacial score (nSPS) is 16.7. The van der Waals surface area contributed by atoms with E-state index in [4.69, 9.17) is 0 Å². The van der Waals surface area contributed by atoms with Crippen molar-refractivity contribution in [1.29, 1.82) is 0 Å². The van der Waals surface area contributed by atoms with E-state index in [1.54, 1.807) is 0 Å². The lowest BCUT2D eigenvalue weighted by Gasteiger charge is -2.38. The number of aromatic nitrogens is 2. The number of rotatable bonds is 6. The number of nitrogens with zero attached hydrogens (tertiary/aromatic N) is 3. The molecule has 16 heavy (non-hydrogen) atoms. The minimum absolute atomic E-state index is 0.727. The Bertz CT molecular complexity index is 317. The van der Waals surface area contributed by atoms with Crippen LogP contribution in [0.5, 0.6) is 0 Å². The third-order valence-corrected chi connectivity index (χ3v) is 3.18. The molecule has 1 fully saturated rings. The Morgan fingerprint density at radius 2 is 2.31 bits per heavy atom. The van der Waals surface area contributed by atoms with Gasteiger partial charge in [0.15, 0.2) is 0 Å². The summed E-state index contributed by atoms with van der Waals surface area (Å²) in [6.45, 7) is 9.83. The van der Waals surface area contributed by atoms with Gasteiger partial charge in [0.05, 0.1) is 6.20 Å². The van der Waals surface area contributed by atoms with Crippen molar-refractivity contribution in [2.24, 2.45) is 0 Å². The summed E-state index contributed by atoms with van der Waals surface area (Å²) < 4.78 is 2.00. The Morgan fingerprint density at radius 3 is 2.81 bits per heavy atom. The zero-order valence-corrected chi connectivity index (χ0v) is 10.3. The highest BCUT2D eigenvalue weighted by Crippen LogP contribution is 2.11. The number of hydrogen-bond donors (Lipinski definition) is 1. The molecule has 0 bridgehead atoms. The van der Waals surface area contributed by atoms with Crippen LogP contribution in [0.2, 0.25) is 0 Å². The second-order valence-electron chi connectivity index (χ2n) is 4.49. The molecule has 1 N–H and O–H groups in total. The second-order valence-corrected chi connectivity index (χ2v) is 4.49. The molecule has 4 heteroatoms. The summed E-state index contributed by atoms with van der Waals surface area (Å²) in [4.78, 5) is 2.56. The highest BCUT2D eigenvalue weighted by Gasteiger charge is 2.23. The SMILES string of the molecule is CCCN(Cc1cnn(CC)c1)C1CNC1. The number of hydrogen-bond acceptors (Lipinski definition) is 3. The molecule has 0 saturated carbocycles. The predicted molar refractivity (Wildman–Crippen MR) is 65.3 cm³/mol. The number of nitrogens with one attached hydrogen (secondary N) is 1. The van der Waals surface area contributed by atoms with Crippen molar-refractivity contribution >= 4 is 0 Å². The third-order valence-electron chi connectivity index (χ3n) is 3.18. The summed E-state index contributed by atoms with van der Waals surface area (Å²) in [5.41, 5.74) is 1.34. The molecule has 1 aliphatic heterocycles. The zero-order valence-electron chi connectivity index (χ0n) is 10.3. The summed E-state index contributed by atoms with van der Waals surface area (Å²) in [5, 5.41) is 7.67. The van der Waals surface area contributed by atoms with E-state index >= 15 is 0 Å². The van der Waals surface area contributed by atoms with Gasteiger partial charge in [-0.25, -0.2) is 0 Å². The first-order chi connectivity index (χ1) is 7.83. The van der Waals surface area contributed by atoms with Crippen molar-refractivity contribution in [3.63, 3.8) is 0 Å². The lowest BCUT2D eigenvalue weighted by molar-refractivity contribution is 0.138.